The Labute approximate surface area is 147 Å². The molecule has 23 heavy (non-hydrogen) atoms. The van der Waals surface area contributed by atoms with Crippen LogP contribution in [0.4, 0.5) is 13.2 Å². The van der Waals surface area contributed by atoms with Gasteiger partial charge in [-0.1, -0.05) is 19.3 Å². The molecule has 0 aromatic carbocycles. The second-order valence-corrected chi connectivity index (χ2v) is 6.43. The molecule has 2 rings (SSSR count). The molecular weight excluding hydrogens is 354 g/mol. The second kappa shape index (κ2) is 9.30. The van der Waals surface area contributed by atoms with Crippen molar-refractivity contribution >= 4 is 30.7 Å². The quantitative estimate of drug-likeness (QED) is 0.788. The third-order valence-corrected chi connectivity index (χ3v) is 4.52. The molecule has 1 unspecified atom stereocenters. The van der Waals surface area contributed by atoms with Crippen molar-refractivity contribution in [2.45, 2.75) is 50.2 Å². The average molecular weight is 380 g/mol. The highest BCUT2D eigenvalue weighted by atomic mass is 35.5. The largest absolute Gasteiger partial charge is 0.401 e. The van der Waals surface area contributed by atoms with Crippen molar-refractivity contribution in [2.75, 3.05) is 26.2 Å². The van der Waals surface area contributed by atoms with Gasteiger partial charge in [-0.25, -0.2) is 0 Å². The molecule has 3 N–H and O–H groups in total. The lowest BCUT2D eigenvalue weighted by Crippen LogP contribution is -2.55. The summed E-state index contributed by atoms with van der Waals surface area (Å²) in [6, 6.07) is 0. The first-order chi connectivity index (χ1) is 9.78. The molecule has 0 aromatic rings. The Morgan fingerprint density at radius 3 is 2.39 bits per heavy atom. The van der Waals surface area contributed by atoms with Crippen molar-refractivity contribution in [1.82, 2.24) is 10.2 Å². The number of nitrogens with two attached hydrogens (primary N) is 1. The summed E-state index contributed by atoms with van der Waals surface area (Å²) in [6.45, 7) is 0.385. The third kappa shape index (κ3) is 7.03. The summed E-state index contributed by atoms with van der Waals surface area (Å²) in [4.78, 5) is 13.6. The SMILES string of the molecule is Cl.Cl.NC1(C(=O)NCC2CCN(CC(F)(F)F)C2)CCCCC1. The van der Waals surface area contributed by atoms with Crippen molar-refractivity contribution in [3.05, 3.63) is 0 Å². The van der Waals surface area contributed by atoms with Crippen molar-refractivity contribution in [3.63, 3.8) is 0 Å². The Balaban J connectivity index is 0.00000242. The van der Waals surface area contributed by atoms with E-state index in [4.69, 9.17) is 5.73 Å². The van der Waals surface area contributed by atoms with Crippen LogP contribution in [0.2, 0.25) is 0 Å². The number of rotatable bonds is 4. The lowest BCUT2D eigenvalue weighted by atomic mass is 9.82. The summed E-state index contributed by atoms with van der Waals surface area (Å²) in [5, 5.41) is 2.85. The molecule has 1 saturated carbocycles. The molecule has 1 amide bonds. The maximum Gasteiger partial charge on any atom is 0.401 e. The number of nitrogens with zero attached hydrogens (tertiary/aromatic N) is 1. The fourth-order valence-corrected chi connectivity index (χ4v) is 3.30. The van der Waals surface area contributed by atoms with Crippen LogP contribution in [0.3, 0.4) is 0 Å². The van der Waals surface area contributed by atoms with Gasteiger partial charge in [-0.15, -0.1) is 24.8 Å². The first-order valence-electron chi connectivity index (χ1n) is 7.65. The van der Waals surface area contributed by atoms with Crippen molar-refractivity contribution in [3.8, 4) is 0 Å². The smallest absolute Gasteiger partial charge is 0.354 e. The topological polar surface area (TPSA) is 58.4 Å². The maximum atomic E-state index is 12.3. The number of alkyl halides is 3. The van der Waals surface area contributed by atoms with Crippen molar-refractivity contribution in [2.24, 2.45) is 11.7 Å². The molecule has 1 atom stereocenters. The van der Waals surface area contributed by atoms with Crippen LogP contribution in [0.25, 0.3) is 0 Å². The van der Waals surface area contributed by atoms with E-state index in [0.717, 1.165) is 19.3 Å². The van der Waals surface area contributed by atoms with Gasteiger partial charge in [-0.05, 0) is 31.7 Å². The summed E-state index contributed by atoms with van der Waals surface area (Å²) in [5.41, 5.74) is 5.35. The van der Waals surface area contributed by atoms with Crippen LogP contribution in [0, 0.1) is 5.92 Å². The molecule has 2 aliphatic rings. The van der Waals surface area contributed by atoms with Crippen LogP contribution in [0.1, 0.15) is 38.5 Å². The van der Waals surface area contributed by atoms with E-state index in [1.807, 2.05) is 0 Å². The number of halogens is 5. The van der Waals surface area contributed by atoms with Crippen molar-refractivity contribution in [1.29, 1.82) is 0 Å². The number of hydrogen-bond acceptors (Lipinski definition) is 3. The fraction of sp³-hybridized carbons (Fsp3) is 0.929. The van der Waals surface area contributed by atoms with Crippen molar-refractivity contribution < 1.29 is 18.0 Å². The zero-order valence-electron chi connectivity index (χ0n) is 13.0. The summed E-state index contributed by atoms with van der Waals surface area (Å²) in [7, 11) is 0. The van der Waals surface area contributed by atoms with Gasteiger partial charge in [-0.3, -0.25) is 9.69 Å². The number of amides is 1. The monoisotopic (exact) mass is 379 g/mol. The van der Waals surface area contributed by atoms with Crippen LogP contribution >= 0.6 is 24.8 Å². The highest BCUT2D eigenvalue weighted by Crippen LogP contribution is 2.26. The van der Waals surface area contributed by atoms with Gasteiger partial charge in [0.15, 0.2) is 0 Å². The molecule has 138 valence electrons. The van der Waals surface area contributed by atoms with E-state index in [-0.39, 0.29) is 36.6 Å². The van der Waals surface area contributed by atoms with Crippen LogP contribution in [-0.2, 0) is 4.79 Å². The molecule has 0 spiro atoms. The Morgan fingerprint density at radius 1 is 1.22 bits per heavy atom. The van der Waals surface area contributed by atoms with Gasteiger partial charge in [0.2, 0.25) is 5.91 Å². The number of likely N-dealkylation sites (tertiary alicyclic amines) is 1. The number of carbonyl (C=O) groups is 1. The second-order valence-electron chi connectivity index (χ2n) is 6.43. The van der Waals surface area contributed by atoms with Crippen LogP contribution in [0.5, 0.6) is 0 Å². The van der Waals surface area contributed by atoms with E-state index >= 15 is 0 Å². The standard InChI is InChI=1S/C14H24F3N3O.2ClH/c15-14(16,17)10-20-7-4-11(9-20)8-19-12(21)13(18)5-2-1-3-6-13;;/h11H,1-10,18H2,(H,19,21);2*1H. The summed E-state index contributed by atoms with van der Waals surface area (Å²) < 4.78 is 36.9. The van der Waals surface area contributed by atoms with Gasteiger partial charge < -0.3 is 11.1 Å². The molecule has 4 nitrogen and oxygen atoms in total. The predicted molar refractivity (Wildman–Crippen MR) is 88.1 cm³/mol. The first kappa shape index (κ1) is 22.8. The summed E-state index contributed by atoms with van der Waals surface area (Å²) in [6.07, 6.45) is 0.976. The highest BCUT2D eigenvalue weighted by molar-refractivity contribution is 5.86. The molecule has 2 fully saturated rings. The normalized spacial score (nSPS) is 24.4. The molecule has 1 heterocycles. The van der Waals surface area contributed by atoms with E-state index in [1.165, 1.54) is 4.90 Å². The number of nitrogens with one attached hydrogen (secondary N) is 1. The predicted octanol–water partition coefficient (Wildman–Crippen LogP) is 2.49. The summed E-state index contributed by atoms with van der Waals surface area (Å²) >= 11 is 0. The Hall–Kier alpha value is -0.240. The minimum absolute atomic E-state index is 0. The maximum absolute atomic E-state index is 12.3. The first-order valence-corrected chi connectivity index (χ1v) is 7.65. The van der Waals surface area contributed by atoms with Gasteiger partial charge in [-0.2, -0.15) is 13.2 Å². The van der Waals surface area contributed by atoms with Gasteiger partial charge in [0.1, 0.15) is 0 Å². The van der Waals surface area contributed by atoms with E-state index in [2.05, 4.69) is 5.32 Å². The van der Waals surface area contributed by atoms with E-state index in [9.17, 15) is 18.0 Å². The number of hydrogen-bond donors (Lipinski definition) is 2. The fourth-order valence-electron chi connectivity index (χ4n) is 3.30. The molecule has 1 saturated heterocycles. The number of carbonyl (C=O) groups excluding carboxylic acids is 1. The van der Waals surface area contributed by atoms with Gasteiger partial charge in [0.25, 0.3) is 0 Å². The zero-order valence-corrected chi connectivity index (χ0v) is 14.7. The molecule has 0 radical (unpaired) electrons. The molecule has 9 heteroatoms. The third-order valence-electron chi connectivity index (χ3n) is 4.52. The molecule has 1 aliphatic heterocycles. The summed E-state index contributed by atoms with van der Waals surface area (Å²) in [5.74, 6) is -0.0556. The molecule has 1 aliphatic carbocycles. The Bertz CT molecular complexity index is 377. The Kier molecular flexibility index (Phi) is 9.20. The van der Waals surface area contributed by atoms with Gasteiger partial charge in [0.05, 0.1) is 12.1 Å². The zero-order chi connectivity index (χ0) is 15.5. The van der Waals surface area contributed by atoms with E-state index in [1.54, 1.807) is 0 Å². The molecule has 0 bridgehead atoms. The minimum Gasteiger partial charge on any atom is -0.354 e. The van der Waals surface area contributed by atoms with Crippen LogP contribution < -0.4 is 11.1 Å². The minimum atomic E-state index is -4.15. The lowest BCUT2D eigenvalue weighted by molar-refractivity contribution is -0.143. The lowest BCUT2D eigenvalue weighted by Gasteiger charge is -2.32. The van der Waals surface area contributed by atoms with Gasteiger partial charge >= 0.3 is 6.18 Å². The van der Waals surface area contributed by atoms with Crippen LogP contribution in [-0.4, -0.2) is 48.7 Å². The van der Waals surface area contributed by atoms with E-state index in [0.29, 0.717) is 38.9 Å². The Morgan fingerprint density at radius 2 is 1.83 bits per heavy atom. The molecule has 0 aromatic heterocycles. The molecular formula is C14H26Cl2F3N3O. The van der Waals surface area contributed by atoms with E-state index < -0.39 is 18.3 Å². The van der Waals surface area contributed by atoms with Crippen LogP contribution in [0.15, 0.2) is 0 Å². The highest BCUT2D eigenvalue weighted by Gasteiger charge is 2.37. The average Bonchev–Trinajstić information content (AvgIpc) is 2.82. The van der Waals surface area contributed by atoms with Gasteiger partial charge in [0, 0.05) is 13.1 Å².